The molecule has 132 valence electrons. The fourth-order valence-electron chi connectivity index (χ4n) is 2.67. The number of aryl methyl sites for hydroxylation is 1. The van der Waals surface area contributed by atoms with E-state index >= 15 is 0 Å². The van der Waals surface area contributed by atoms with Gasteiger partial charge < -0.3 is 19.9 Å². The Bertz CT molecular complexity index is 745. The molecule has 1 fully saturated rings. The van der Waals surface area contributed by atoms with Crippen LogP contribution in [0, 0.1) is 6.92 Å². The number of piperazine rings is 1. The summed E-state index contributed by atoms with van der Waals surface area (Å²) in [5, 5.41) is 11.7. The van der Waals surface area contributed by atoms with Crippen molar-refractivity contribution >= 4 is 29.1 Å². The van der Waals surface area contributed by atoms with E-state index in [4.69, 9.17) is 16.3 Å². The molecule has 2 aromatic rings. The zero-order valence-corrected chi connectivity index (χ0v) is 15.0. The van der Waals surface area contributed by atoms with Crippen LogP contribution in [0.3, 0.4) is 0 Å². The average Bonchev–Trinajstić information content (AvgIpc) is 2.63. The molecular weight excluding hydrogens is 342 g/mol. The summed E-state index contributed by atoms with van der Waals surface area (Å²) in [6.07, 6.45) is 0. The lowest BCUT2D eigenvalue weighted by molar-refractivity contribution is 0.208. The van der Waals surface area contributed by atoms with Gasteiger partial charge in [0.05, 0.1) is 18.5 Å². The van der Waals surface area contributed by atoms with Crippen molar-refractivity contribution in [2.75, 3.05) is 43.5 Å². The van der Waals surface area contributed by atoms with Crippen LogP contribution in [0.2, 0.25) is 5.02 Å². The fraction of sp³-hybridized carbons (Fsp3) is 0.353. The Kier molecular flexibility index (Phi) is 5.23. The highest BCUT2D eigenvalue weighted by Gasteiger charge is 2.22. The molecular formula is C17H20ClN5O2. The maximum absolute atomic E-state index is 12.5. The van der Waals surface area contributed by atoms with E-state index in [1.165, 1.54) is 0 Å². The molecule has 2 amide bonds. The minimum absolute atomic E-state index is 0.171. The van der Waals surface area contributed by atoms with Crippen LogP contribution < -0.4 is 15.0 Å². The molecule has 1 N–H and O–H groups in total. The number of carbonyl (C=O) groups is 1. The molecule has 0 atom stereocenters. The first-order valence-corrected chi connectivity index (χ1v) is 8.39. The van der Waals surface area contributed by atoms with Gasteiger partial charge in [-0.1, -0.05) is 11.6 Å². The number of hydrogen-bond donors (Lipinski definition) is 1. The summed E-state index contributed by atoms with van der Waals surface area (Å²) in [4.78, 5) is 16.4. The van der Waals surface area contributed by atoms with E-state index in [2.05, 4.69) is 20.4 Å². The summed E-state index contributed by atoms with van der Waals surface area (Å²) in [6, 6.07) is 8.84. The van der Waals surface area contributed by atoms with Gasteiger partial charge in [0.25, 0.3) is 0 Å². The topological polar surface area (TPSA) is 70.6 Å². The summed E-state index contributed by atoms with van der Waals surface area (Å²) in [7, 11) is 1.56. The number of benzene rings is 1. The van der Waals surface area contributed by atoms with Gasteiger partial charge in [-0.2, -0.15) is 5.10 Å². The Morgan fingerprint density at radius 3 is 2.56 bits per heavy atom. The lowest BCUT2D eigenvalue weighted by atomic mass is 10.3. The molecule has 0 aliphatic carbocycles. The quantitative estimate of drug-likeness (QED) is 0.910. The van der Waals surface area contributed by atoms with Gasteiger partial charge in [0.1, 0.15) is 5.75 Å². The van der Waals surface area contributed by atoms with Crippen LogP contribution in [0.4, 0.5) is 16.3 Å². The van der Waals surface area contributed by atoms with E-state index in [9.17, 15) is 4.79 Å². The lowest BCUT2D eigenvalue weighted by Crippen LogP contribution is -2.50. The highest BCUT2D eigenvalue weighted by Crippen LogP contribution is 2.28. The molecule has 1 aliphatic rings. The molecule has 0 unspecified atom stereocenters. The van der Waals surface area contributed by atoms with E-state index in [1.54, 1.807) is 30.2 Å². The zero-order chi connectivity index (χ0) is 17.8. The van der Waals surface area contributed by atoms with Crippen LogP contribution in [-0.4, -0.2) is 54.4 Å². The van der Waals surface area contributed by atoms with Gasteiger partial charge in [-0.05, 0) is 37.3 Å². The first-order chi connectivity index (χ1) is 12.1. The molecule has 1 aliphatic heterocycles. The van der Waals surface area contributed by atoms with Crippen molar-refractivity contribution in [1.29, 1.82) is 0 Å². The van der Waals surface area contributed by atoms with E-state index in [0.717, 1.165) is 11.5 Å². The van der Waals surface area contributed by atoms with Gasteiger partial charge in [-0.15, -0.1) is 5.10 Å². The van der Waals surface area contributed by atoms with Crippen LogP contribution in [0.1, 0.15) is 5.69 Å². The predicted octanol–water partition coefficient (Wildman–Crippen LogP) is 2.80. The number of rotatable bonds is 3. The minimum atomic E-state index is -0.171. The van der Waals surface area contributed by atoms with Crippen molar-refractivity contribution in [2.45, 2.75) is 6.92 Å². The molecule has 7 nitrogen and oxygen atoms in total. The number of halogens is 1. The number of hydrogen-bond acceptors (Lipinski definition) is 5. The van der Waals surface area contributed by atoms with E-state index in [0.29, 0.717) is 42.6 Å². The number of ether oxygens (including phenoxy) is 1. The van der Waals surface area contributed by atoms with Crippen molar-refractivity contribution in [2.24, 2.45) is 0 Å². The number of methoxy groups -OCH3 is 1. The Balaban J connectivity index is 1.60. The maximum Gasteiger partial charge on any atom is 0.322 e. The van der Waals surface area contributed by atoms with Crippen LogP contribution in [0.5, 0.6) is 5.75 Å². The van der Waals surface area contributed by atoms with Crippen LogP contribution in [-0.2, 0) is 0 Å². The first-order valence-electron chi connectivity index (χ1n) is 8.01. The van der Waals surface area contributed by atoms with E-state index in [-0.39, 0.29) is 6.03 Å². The summed E-state index contributed by atoms with van der Waals surface area (Å²) in [6.45, 7) is 4.52. The Labute approximate surface area is 151 Å². The van der Waals surface area contributed by atoms with E-state index < -0.39 is 0 Å². The fourth-order valence-corrected chi connectivity index (χ4v) is 2.84. The summed E-state index contributed by atoms with van der Waals surface area (Å²) >= 11 is 6.00. The van der Waals surface area contributed by atoms with Crippen molar-refractivity contribution < 1.29 is 9.53 Å². The number of anilines is 2. The molecule has 25 heavy (non-hydrogen) atoms. The SMILES string of the molecule is COc1ccc(Cl)cc1NC(=O)N1CCN(c2ccc(C)nn2)CC1. The number of nitrogens with one attached hydrogen (secondary N) is 1. The number of amides is 2. The second-order valence-corrected chi connectivity index (χ2v) is 6.22. The second kappa shape index (κ2) is 7.57. The first kappa shape index (κ1) is 17.3. The van der Waals surface area contributed by atoms with Gasteiger partial charge in [0.2, 0.25) is 0 Å². The number of carbonyl (C=O) groups excluding carboxylic acids is 1. The summed E-state index contributed by atoms with van der Waals surface area (Å²) < 4.78 is 5.26. The monoisotopic (exact) mass is 361 g/mol. The molecule has 0 bridgehead atoms. The Hall–Kier alpha value is -2.54. The second-order valence-electron chi connectivity index (χ2n) is 5.78. The average molecular weight is 362 g/mol. The smallest absolute Gasteiger partial charge is 0.322 e. The highest BCUT2D eigenvalue weighted by molar-refractivity contribution is 6.31. The molecule has 0 spiro atoms. The largest absolute Gasteiger partial charge is 0.495 e. The molecule has 2 heterocycles. The summed E-state index contributed by atoms with van der Waals surface area (Å²) in [5.41, 5.74) is 1.45. The number of nitrogens with zero attached hydrogens (tertiary/aromatic N) is 4. The normalized spacial score (nSPS) is 14.4. The summed E-state index contributed by atoms with van der Waals surface area (Å²) in [5.74, 6) is 1.41. The molecule has 1 aromatic heterocycles. The zero-order valence-electron chi connectivity index (χ0n) is 14.2. The molecule has 8 heteroatoms. The molecule has 3 rings (SSSR count). The van der Waals surface area contributed by atoms with Gasteiger partial charge in [0.15, 0.2) is 5.82 Å². The standard InChI is InChI=1S/C17H20ClN5O2/c1-12-3-6-16(21-20-12)22-7-9-23(10-8-22)17(24)19-14-11-13(18)4-5-15(14)25-2/h3-6,11H,7-10H2,1-2H3,(H,19,24). The highest BCUT2D eigenvalue weighted by atomic mass is 35.5. The Morgan fingerprint density at radius 1 is 1.16 bits per heavy atom. The Morgan fingerprint density at radius 2 is 1.92 bits per heavy atom. The maximum atomic E-state index is 12.5. The molecule has 0 saturated carbocycles. The van der Waals surface area contributed by atoms with Gasteiger partial charge >= 0.3 is 6.03 Å². The van der Waals surface area contributed by atoms with Gasteiger partial charge in [0, 0.05) is 31.2 Å². The van der Waals surface area contributed by atoms with Crippen molar-refractivity contribution in [3.8, 4) is 5.75 Å². The molecule has 0 radical (unpaired) electrons. The third kappa shape index (κ3) is 4.11. The van der Waals surface area contributed by atoms with Crippen molar-refractivity contribution in [1.82, 2.24) is 15.1 Å². The van der Waals surface area contributed by atoms with E-state index in [1.807, 2.05) is 19.1 Å². The third-order valence-corrected chi connectivity index (χ3v) is 4.31. The number of urea groups is 1. The van der Waals surface area contributed by atoms with Crippen LogP contribution >= 0.6 is 11.6 Å². The number of aromatic nitrogens is 2. The van der Waals surface area contributed by atoms with Crippen LogP contribution in [0.25, 0.3) is 0 Å². The van der Waals surface area contributed by atoms with Crippen molar-refractivity contribution in [3.05, 3.63) is 41.0 Å². The minimum Gasteiger partial charge on any atom is -0.495 e. The molecule has 1 aromatic carbocycles. The van der Waals surface area contributed by atoms with Crippen molar-refractivity contribution in [3.63, 3.8) is 0 Å². The predicted molar refractivity (Wildman–Crippen MR) is 97.6 cm³/mol. The van der Waals surface area contributed by atoms with Gasteiger partial charge in [-0.25, -0.2) is 4.79 Å². The van der Waals surface area contributed by atoms with Gasteiger partial charge in [-0.3, -0.25) is 0 Å². The third-order valence-electron chi connectivity index (χ3n) is 4.08. The lowest BCUT2D eigenvalue weighted by Gasteiger charge is -2.35. The molecule has 1 saturated heterocycles. The van der Waals surface area contributed by atoms with Crippen LogP contribution in [0.15, 0.2) is 30.3 Å².